The van der Waals surface area contributed by atoms with Crippen molar-refractivity contribution in [2.75, 3.05) is 0 Å². The van der Waals surface area contributed by atoms with Crippen LogP contribution in [0.3, 0.4) is 0 Å². The second-order valence-electron chi connectivity index (χ2n) is 10.8. The predicted molar refractivity (Wildman–Crippen MR) is 185 cm³/mol. The molecule has 0 aliphatic rings. The maximum Gasteiger partial charge on any atom is 0.0886 e. The van der Waals surface area contributed by atoms with Gasteiger partial charge in [0.15, 0.2) is 0 Å². The molecule has 316 valence electrons. The zero-order valence-electron chi connectivity index (χ0n) is 29.6. The van der Waals surface area contributed by atoms with Gasteiger partial charge in [-0.15, -0.1) is 0 Å². The van der Waals surface area contributed by atoms with Crippen LogP contribution in [0.2, 0.25) is 0 Å². The summed E-state index contributed by atoms with van der Waals surface area (Å²) in [4.78, 5) is 16.7. The number of aromatic nitrogens is 4. The Bertz CT molecular complexity index is 1490. The summed E-state index contributed by atoms with van der Waals surface area (Å²) < 4.78 is 68.2. The third-order valence-corrected chi connectivity index (χ3v) is 4.55. The maximum atomic E-state index is 10.1. The van der Waals surface area contributed by atoms with Gasteiger partial charge in [-0.05, 0) is 71.2 Å². The Morgan fingerprint density at radius 1 is 0.463 bits per heavy atom. The van der Waals surface area contributed by atoms with Gasteiger partial charge in [-0.3, -0.25) is 36.8 Å². The third-order valence-electron chi connectivity index (χ3n) is 4.55. The molecule has 0 saturated heterocycles. The second kappa shape index (κ2) is 34.0. The van der Waals surface area contributed by atoms with Gasteiger partial charge in [-0.1, -0.05) is 65.8 Å². The molecule has 10 N–H and O–H groups in total. The van der Waals surface area contributed by atoms with Gasteiger partial charge in [0.1, 0.15) is 0 Å². The van der Waals surface area contributed by atoms with Crippen molar-refractivity contribution in [3.05, 3.63) is 97.6 Å². The standard InChI is InChI=1S/2C10H8N2.2C5H11NO.2H2O4S.4H2O.2Pt/c2*1-3-7-11-9(5-1)10-6-2-4-8-12-10;2*1-5(2,3)4(6)7;2*1-5(2,3)4;;;;;;/h2*1-8H;2*1-3H3,(H2,6,7);2*(H2,1,2,3,4);4*1H2;;/p-6. The summed E-state index contributed by atoms with van der Waals surface area (Å²) in [6, 6.07) is 23.2. The molecule has 4 aromatic heterocycles. The number of pyridine rings is 4. The fourth-order valence-corrected chi connectivity index (χ4v) is 2.06. The molecule has 4 aromatic rings. The summed E-state index contributed by atoms with van der Waals surface area (Å²) in [5.74, 6) is -1.01. The average molecular weight is 1170 g/mol. The van der Waals surface area contributed by atoms with E-state index in [1.54, 1.807) is 66.3 Å². The molecule has 0 bridgehead atoms. The minimum Gasteiger partial charge on any atom is -0.862 e. The first-order valence-electron chi connectivity index (χ1n) is 13.3. The van der Waals surface area contributed by atoms with Crippen LogP contribution < -0.4 is 10.2 Å². The van der Waals surface area contributed by atoms with Gasteiger partial charge in [0.05, 0.1) is 22.8 Å². The van der Waals surface area contributed by atoms with Crippen LogP contribution in [-0.4, -0.2) is 88.7 Å². The Balaban J connectivity index is -0.0000000796. The smallest absolute Gasteiger partial charge is 0.0886 e. The zero-order valence-corrected chi connectivity index (χ0v) is 35.7. The minimum atomic E-state index is -5.17. The van der Waals surface area contributed by atoms with Crippen LogP contribution >= 0.6 is 0 Å². The van der Waals surface area contributed by atoms with Crippen LogP contribution in [0, 0.1) is 21.6 Å². The Hall–Kier alpha value is -3.50. The molecule has 0 amide bonds. The van der Waals surface area contributed by atoms with E-state index in [1.807, 2.05) is 72.8 Å². The SMILES string of the molecule is CC(C)(C)C(=N)[O-].CC(C)(C)C(=N)[O-].O.O.O.O.O=S(=O)([O-])[O-].O=S(=O)([O-])[O-].[Pt].[Pt].c1ccc(-c2ccccn2)nc1.c1ccc(-c2ccccn2)nc1. The quantitative estimate of drug-likeness (QED) is 0.106. The van der Waals surface area contributed by atoms with Crippen molar-refractivity contribution in [3.63, 3.8) is 0 Å². The Morgan fingerprint density at radius 2 is 0.593 bits per heavy atom. The molecule has 0 saturated carbocycles. The van der Waals surface area contributed by atoms with Gasteiger partial charge < -0.3 is 61.1 Å². The van der Waals surface area contributed by atoms with Crippen molar-refractivity contribution in [1.29, 1.82) is 10.8 Å². The number of nitrogens with zero attached hydrogens (tertiary/aromatic N) is 4. The molecular formula is C30H44N6O14Pt2S2-6. The van der Waals surface area contributed by atoms with Gasteiger partial charge >= 0.3 is 0 Å². The molecule has 0 spiro atoms. The van der Waals surface area contributed by atoms with E-state index >= 15 is 0 Å². The number of nitrogens with one attached hydrogen (secondary N) is 2. The van der Waals surface area contributed by atoms with Gasteiger partial charge in [0.25, 0.3) is 0 Å². The second-order valence-corrected chi connectivity index (χ2v) is 12.5. The third kappa shape index (κ3) is 46.5. The van der Waals surface area contributed by atoms with Gasteiger partial charge in [0.2, 0.25) is 0 Å². The van der Waals surface area contributed by atoms with E-state index in [4.69, 9.17) is 45.9 Å². The fraction of sp³-hybridized carbons (Fsp3) is 0.267. The molecule has 4 rings (SSSR count). The monoisotopic (exact) mass is 1170 g/mol. The van der Waals surface area contributed by atoms with Crippen LogP contribution in [0.15, 0.2) is 97.6 Å². The van der Waals surface area contributed by atoms with E-state index in [0.717, 1.165) is 22.8 Å². The predicted octanol–water partition coefficient (Wildman–Crippen LogP) is -0.952. The summed E-state index contributed by atoms with van der Waals surface area (Å²) in [6.07, 6.45) is 7.07. The molecule has 54 heavy (non-hydrogen) atoms. The van der Waals surface area contributed by atoms with Gasteiger partial charge in [-0.25, -0.2) is 0 Å². The fourth-order valence-electron chi connectivity index (χ4n) is 2.06. The van der Waals surface area contributed by atoms with Crippen molar-refractivity contribution in [1.82, 2.24) is 19.9 Å². The summed E-state index contributed by atoms with van der Waals surface area (Å²) in [6.45, 7) is 10.3. The first-order valence-corrected chi connectivity index (χ1v) is 16.0. The van der Waals surface area contributed by atoms with Crippen molar-refractivity contribution >= 4 is 32.6 Å². The van der Waals surface area contributed by atoms with Crippen LogP contribution in [0.4, 0.5) is 0 Å². The van der Waals surface area contributed by atoms with Gasteiger partial charge in [-0.2, -0.15) is 0 Å². The molecule has 0 aliphatic carbocycles. The number of rotatable bonds is 2. The van der Waals surface area contributed by atoms with E-state index in [1.165, 1.54) is 0 Å². The van der Waals surface area contributed by atoms with Crippen LogP contribution in [0.25, 0.3) is 22.8 Å². The Labute approximate surface area is 343 Å². The summed E-state index contributed by atoms with van der Waals surface area (Å²) in [7, 11) is -10.3. The molecule has 0 unspecified atom stereocenters. The van der Waals surface area contributed by atoms with E-state index in [0.29, 0.717) is 0 Å². The first-order chi connectivity index (χ1) is 21.8. The van der Waals surface area contributed by atoms with E-state index in [-0.39, 0.29) is 64.0 Å². The van der Waals surface area contributed by atoms with Crippen molar-refractivity contribution < 1.29 is 109 Å². The molecule has 24 heteroatoms. The molecule has 20 nitrogen and oxygen atoms in total. The largest absolute Gasteiger partial charge is 0.862 e. The maximum absolute atomic E-state index is 10.1. The molecule has 0 aliphatic heterocycles. The topological polar surface area (TPSA) is 432 Å². The average Bonchev–Trinajstić information content (AvgIpc) is 2.97. The van der Waals surface area contributed by atoms with Crippen molar-refractivity contribution in [3.8, 4) is 22.8 Å². The van der Waals surface area contributed by atoms with Crippen LogP contribution in [0.1, 0.15) is 41.5 Å². The molecule has 0 aromatic carbocycles. The van der Waals surface area contributed by atoms with E-state index in [9.17, 15) is 10.2 Å². The number of hydrogen-bond donors (Lipinski definition) is 2. The van der Waals surface area contributed by atoms with Gasteiger partial charge in [0, 0.05) is 87.7 Å². The molecule has 0 atom stereocenters. The normalized spacial score (nSPS) is 9.37. The molecular weight excluding hydrogens is 1120 g/mol. The zero-order chi connectivity index (χ0) is 37.6. The van der Waals surface area contributed by atoms with Crippen molar-refractivity contribution in [2.45, 2.75) is 41.5 Å². The first kappa shape index (κ1) is 68.5. The minimum absolute atomic E-state index is 0. The Morgan fingerprint density at radius 3 is 0.667 bits per heavy atom. The van der Waals surface area contributed by atoms with E-state index in [2.05, 4.69) is 19.9 Å². The molecule has 0 radical (unpaired) electrons. The molecule has 4 heterocycles. The van der Waals surface area contributed by atoms with E-state index < -0.39 is 43.4 Å². The number of hydrogen-bond acceptors (Lipinski definition) is 16. The summed E-state index contributed by atoms with van der Waals surface area (Å²) >= 11 is 0. The summed E-state index contributed by atoms with van der Waals surface area (Å²) in [5.41, 5.74) is 2.72. The van der Waals surface area contributed by atoms with Crippen LogP contribution in [-0.2, 0) is 62.9 Å². The van der Waals surface area contributed by atoms with Crippen molar-refractivity contribution in [2.24, 2.45) is 10.8 Å². The van der Waals surface area contributed by atoms with Crippen LogP contribution in [0.5, 0.6) is 0 Å². The summed E-state index contributed by atoms with van der Waals surface area (Å²) in [5, 5.41) is 33.4. The Kier molecular flexibility index (Phi) is 43.2. The molecule has 0 fully saturated rings.